The van der Waals surface area contributed by atoms with E-state index in [1.54, 1.807) is 75.4 Å². The molecular weight excluding hydrogens is 340 g/mol. The van der Waals surface area contributed by atoms with Crippen LogP contribution in [-0.2, 0) is 10.4 Å². The second kappa shape index (κ2) is 8.75. The van der Waals surface area contributed by atoms with Gasteiger partial charge in [0.15, 0.2) is 5.78 Å². The number of rotatable bonds is 7. The number of nitrogens with one attached hydrogen (secondary N) is 1. The van der Waals surface area contributed by atoms with Crippen LogP contribution in [0.3, 0.4) is 0 Å². The maximum atomic E-state index is 12.9. The molecule has 0 radical (unpaired) electrons. The van der Waals surface area contributed by atoms with Crippen LogP contribution in [-0.4, -0.2) is 28.9 Å². The molecule has 5 nitrogen and oxygen atoms in total. The fourth-order valence-corrected chi connectivity index (χ4v) is 2.94. The molecule has 27 heavy (non-hydrogen) atoms. The Kier molecular flexibility index (Phi) is 6.66. The smallest absolute Gasteiger partial charge is 0.244 e. The molecule has 3 atom stereocenters. The lowest BCUT2D eigenvalue weighted by Crippen LogP contribution is -2.60. The number of amides is 1. The monoisotopic (exact) mass is 366 g/mol. The van der Waals surface area contributed by atoms with E-state index in [-0.39, 0.29) is 5.78 Å². The summed E-state index contributed by atoms with van der Waals surface area (Å²) in [5, 5.41) is 14.0. The third-order valence-corrected chi connectivity index (χ3v) is 4.40. The van der Waals surface area contributed by atoms with Crippen LogP contribution in [0.15, 0.2) is 72.3 Å². The number of allylic oxidation sites excluding steroid dienone is 1. The van der Waals surface area contributed by atoms with Gasteiger partial charge in [-0.25, -0.2) is 0 Å². The first kappa shape index (κ1) is 20.6. The Labute approximate surface area is 159 Å². The fraction of sp³-hybridized carbons (Fsp3) is 0.273. The van der Waals surface area contributed by atoms with E-state index < -0.39 is 23.6 Å². The lowest BCUT2D eigenvalue weighted by atomic mass is 9.81. The molecule has 2 aromatic carbocycles. The summed E-state index contributed by atoms with van der Waals surface area (Å²) in [4.78, 5) is 25.2. The predicted molar refractivity (Wildman–Crippen MR) is 106 cm³/mol. The van der Waals surface area contributed by atoms with Crippen LogP contribution in [0.25, 0.3) is 0 Å². The molecule has 5 heteroatoms. The molecule has 4 N–H and O–H groups in total. The van der Waals surface area contributed by atoms with Gasteiger partial charge in [-0.3, -0.25) is 9.59 Å². The summed E-state index contributed by atoms with van der Waals surface area (Å²) in [6.07, 6.45) is 1.41. The van der Waals surface area contributed by atoms with E-state index >= 15 is 0 Å². The first-order valence-electron chi connectivity index (χ1n) is 8.81. The van der Waals surface area contributed by atoms with Gasteiger partial charge in [-0.05, 0) is 26.3 Å². The van der Waals surface area contributed by atoms with Crippen LogP contribution in [0.2, 0.25) is 0 Å². The van der Waals surface area contributed by atoms with Crippen LogP contribution in [0.1, 0.15) is 36.7 Å². The van der Waals surface area contributed by atoms with E-state index in [1.807, 2.05) is 6.07 Å². The third kappa shape index (κ3) is 5.12. The normalized spacial score (nSPS) is 15.1. The zero-order valence-electron chi connectivity index (χ0n) is 15.8. The number of ketones is 1. The second-order valence-corrected chi connectivity index (χ2v) is 6.98. The number of aliphatic hydroxyl groups is 1. The summed E-state index contributed by atoms with van der Waals surface area (Å²) < 4.78 is 0. The van der Waals surface area contributed by atoms with Gasteiger partial charge < -0.3 is 16.2 Å². The molecule has 0 aliphatic rings. The Morgan fingerprint density at radius 3 is 2.07 bits per heavy atom. The summed E-state index contributed by atoms with van der Waals surface area (Å²) in [6, 6.07) is 15.3. The van der Waals surface area contributed by atoms with E-state index in [9.17, 15) is 14.7 Å². The molecule has 0 bridgehead atoms. The number of hydrogen-bond donors (Lipinski definition) is 3. The molecule has 0 spiro atoms. The molecule has 3 unspecified atom stereocenters. The molecule has 1 amide bonds. The molecule has 2 rings (SSSR count). The van der Waals surface area contributed by atoms with Crippen LogP contribution >= 0.6 is 0 Å². The Bertz CT molecular complexity index is 810. The molecule has 0 heterocycles. The van der Waals surface area contributed by atoms with Gasteiger partial charge in [0.05, 0.1) is 12.1 Å². The third-order valence-electron chi connectivity index (χ3n) is 4.40. The lowest BCUT2D eigenvalue weighted by Gasteiger charge is -2.37. The van der Waals surface area contributed by atoms with Crippen LogP contribution in [0, 0.1) is 0 Å². The summed E-state index contributed by atoms with van der Waals surface area (Å²) >= 11 is 0. The Morgan fingerprint density at radius 2 is 1.56 bits per heavy atom. The van der Waals surface area contributed by atoms with E-state index in [0.717, 1.165) is 5.57 Å². The molecule has 142 valence electrons. The van der Waals surface area contributed by atoms with Crippen LogP contribution in [0.5, 0.6) is 0 Å². The van der Waals surface area contributed by atoms with Gasteiger partial charge in [0.2, 0.25) is 5.91 Å². The standard InChI is InChI=1S/C22H26N2O3/c1-15(2)14-18(25)24-21(22(3,27)17-12-8-5-9-13-17)19(23)20(26)16-10-6-4-7-11-16/h4-14,19,21,27H,23H2,1-3H3,(H,24,25). The van der Waals surface area contributed by atoms with Gasteiger partial charge in [-0.1, -0.05) is 66.2 Å². The van der Waals surface area contributed by atoms with E-state index in [4.69, 9.17) is 5.73 Å². The highest BCUT2D eigenvalue weighted by Gasteiger charge is 2.41. The number of Topliss-reactive ketones (excluding diaryl/α,β-unsaturated/α-hetero) is 1. The van der Waals surface area contributed by atoms with E-state index in [2.05, 4.69) is 5.32 Å². The lowest BCUT2D eigenvalue weighted by molar-refractivity contribution is -0.119. The predicted octanol–water partition coefficient (Wildman–Crippen LogP) is 2.56. The second-order valence-electron chi connectivity index (χ2n) is 6.98. The Hall–Kier alpha value is -2.76. The number of benzene rings is 2. The topological polar surface area (TPSA) is 92.4 Å². The first-order chi connectivity index (χ1) is 12.7. The van der Waals surface area contributed by atoms with Gasteiger partial charge >= 0.3 is 0 Å². The van der Waals surface area contributed by atoms with Crippen molar-refractivity contribution in [2.75, 3.05) is 0 Å². The van der Waals surface area contributed by atoms with Crippen molar-refractivity contribution in [1.29, 1.82) is 0 Å². The molecule has 0 fully saturated rings. The van der Waals surface area contributed by atoms with Crippen LogP contribution in [0.4, 0.5) is 0 Å². The SMILES string of the molecule is CC(C)=CC(=O)NC(C(N)C(=O)c1ccccc1)C(C)(O)c1ccccc1. The van der Waals surface area contributed by atoms with Crippen molar-refractivity contribution in [3.8, 4) is 0 Å². The molecule has 2 aromatic rings. The Morgan fingerprint density at radius 1 is 1.04 bits per heavy atom. The minimum absolute atomic E-state index is 0.352. The van der Waals surface area contributed by atoms with Gasteiger partial charge in [0, 0.05) is 11.6 Å². The highest BCUT2D eigenvalue weighted by Crippen LogP contribution is 2.27. The maximum Gasteiger partial charge on any atom is 0.244 e. The average molecular weight is 366 g/mol. The highest BCUT2D eigenvalue weighted by atomic mass is 16.3. The quantitative estimate of drug-likeness (QED) is 0.519. The molecule has 0 saturated heterocycles. The molecule has 0 aromatic heterocycles. The minimum atomic E-state index is -1.55. The number of carbonyl (C=O) groups is 2. The van der Waals surface area contributed by atoms with Crippen molar-refractivity contribution in [3.63, 3.8) is 0 Å². The van der Waals surface area contributed by atoms with Crippen molar-refractivity contribution in [3.05, 3.63) is 83.4 Å². The largest absolute Gasteiger partial charge is 0.383 e. The molecule has 0 saturated carbocycles. The number of nitrogens with two attached hydrogens (primary N) is 1. The van der Waals surface area contributed by atoms with Gasteiger partial charge in [0.1, 0.15) is 5.60 Å². The van der Waals surface area contributed by atoms with Crippen LogP contribution < -0.4 is 11.1 Å². The van der Waals surface area contributed by atoms with Crippen molar-refractivity contribution < 1.29 is 14.7 Å². The molecule has 0 aliphatic heterocycles. The summed E-state index contributed by atoms with van der Waals surface area (Å²) in [7, 11) is 0. The van der Waals surface area contributed by atoms with Crippen molar-refractivity contribution in [2.24, 2.45) is 5.73 Å². The minimum Gasteiger partial charge on any atom is -0.383 e. The summed E-state index contributed by atoms with van der Waals surface area (Å²) in [6.45, 7) is 5.13. The van der Waals surface area contributed by atoms with Gasteiger partial charge in [0.25, 0.3) is 0 Å². The fourth-order valence-electron chi connectivity index (χ4n) is 2.94. The number of carbonyl (C=O) groups excluding carboxylic acids is 2. The average Bonchev–Trinajstić information content (AvgIpc) is 2.65. The molecule has 0 aliphatic carbocycles. The highest BCUT2D eigenvalue weighted by molar-refractivity contribution is 6.01. The molecular formula is C22H26N2O3. The first-order valence-corrected chi connectivity index (χ1v) is 8.81. The maximum absolute atomic E-state index is 12.9. The zero-order chi connectivity index (χ0) is 20.0. The van der Waals surface area contributed by atoms with E-state index in [1.165, 1.54) is 6.08 Å². The van der Waals surface area contributed by atoms with Gasteiger partial charge in [-0.15, -0.1) is 0 Å². The van der Waals surface area contributed by atoms with Gasteiger partial charge in [-0.2, -0.15) is 0 Å². The Balaban J connectivity index is 2.41. The van der Waals surface area contributed by atoms with Crippen molar-refractivity contribution in [1.82, 2.24) is 5.32 Å². The van der Waals surface area contributed by atoms with E-state index in [0.29, 0.717) is 11.1 Å². The number of hydrogen-bond acceptors (Lipinski definition) is 4. The van der Waals surface area contributed by atoms with Crippen molar-refractivity contribution in [2.45, 2.75) is 38.5 Å². The summed E-state index contributed by atoms with van der Waals surface area (Å²) in [5.74, 6) is -0.762. The van der Waals surface area contributed by atoms with Crippen molar-refractivity contribution >= 4 is 11.7 Å². The zero-order valence-corrected chi connectivity index (χ0v) is 15.8. The summed E-state index contributed by atoms with van der Waals surface area (Å²) in [5.41, 5.74) is 6.49.